The summed E-state index contributed by atoms with van der Waals surface area (Å²) >= 11 is 0. The molecule has 1 heteroatoms. The molecule has 0 aromatic heterocycles. The molecule has 0 saturated heterocycles. The average molecular weight is 149 g/mol. The van der Waals surface area contributed by atoms with Crippen LogP contribution in [0.15, 0.2) is 48.7 Å². The first-order valence-corrected chi connectivity index (χ1v) is 3.58. The van der Waals surface area contributed by atoms with Crippen molar-refractivity contribution in [2.75, 3.05) is 7.05 Å². The minimum Gasteiger partial charge on any atom is -0.388 e. The Hall–Kier alpha value is -1.24. The molecule has 0 bridgehead atoms. The van der Waals surface area contributed by atoms with Crippen molar-refractivity contribution in [3.8, 4) is 0 Å². The van der Waals surface area contributed by atoms with Crippen LogP contribution in [0.3, 0.4) is 0 Å². The molecule has 0 aliphatic rings. The van der Waals surface area contributed by atoms with Crippen LogP contribution in [0.1, 0.15) is 6.92 Å². The second kappa shape index (κ2) is 5.54. The molecule has 0 radical (unpaired) electrons. The van der Waals surface area contributed by atoms with Crippen LogP contribution in [0.2, 0.25) is 0 Å². The SMILES string of the molecule is C=CC(=C)/C(=C/C=C\C)NC. The van der Waals surface area contributed by atoms with Crippen LogP contribution in [0.5, 0.6) is 0 Å². The van der Waals surface area contributed by atoms with Gasteiger partial charge in [-0.15, -0.1) is 0 Å². The molecule has 0 aliphatic carbocycles. The molecule has 0 saturated carbocycles. The van der Waals surface area contributed by atoms with Crippen LogP contribution in [-0.2, 0) is 0 Å². The molecule has 0 rings (SSSR count). The zero-order valence-electron chi connectivity index (χ0n) is 7.22. The maximum Gasteiger partial charge on any atom is 0.0404 e. The zero-order valence-corrected chi connectivity index (χ0v) is 7.22. The number of nitrogens with one attached hydrogen (secondary N) is 1. The molecule has 0 aliphatic heterocycles. The lowest BCUT2D eigenvalue weighted by Crippen LogP contribution is -2.05. The third kappa shape index (κ3) is 3.46. The Balaban J connectivity index is 4.38. The highest BCUT2D eigenvalue weighted by atomic mass is 14.8. The summed E-state index contributed by atoms with van der Waals surface area (Å²) in [5.74, 6) is 0. The number of rotatable bonds is 4. The van der Waals surface area contributed by atoms with Crippen LogP contribution < -0.4 is 5.32 Å². The quantitative estimate of drug-likeness (QED) is 0.605. The molecule has 0 aromatic carbocycles. The van der Waals surface area contributed by atoms with Gasteiger partial charge in [0.15, 0.2) is 0 Å². The van der Waals surface area contributed by atoms with E-state index < -0.39 is 0 Å². The highest BCUT2D eigenvalue weighted by Crippen LogP contribution is 2.03. The van der Waals surface area contributed by atoms with Crippen molar-refractivity contribution in [3.63, 3.8) is 0 Å². The van der Waals surface area contributed by atoms with Crippen LogP contribution >= 0.6 is 0 Å². The fourth-order valence-electron chi connectivity index (χ4n) is 0.653. The molecule has 0 fully saturated rings. The number of hydrogen-bond donors (Lipinski definition) is 1. The minimum atomic E-state index is 0.908. The monoisotopic (exact) mass is 149 g/mol. The molecule has 0 aromatic rings. The van der Waals surface area contributed by atoms with Crippen molar-refractivity contribution in [2.45, 2.75) is 6.92 Å². The van der Waals surface area contributed by atoms with Gasteiger partial charge >= 0.3 is 0 Å². The molecule has 11 heavy (non-hydrogen) atoms. The van der Waals surface area contributed by atoms with E-state index >= 15 is 0 Å². The summed E-state index contributed by atoms with van der Waals surface area (Å²) < 4.78 is 0. The van der Waals surface area contributed by atoms with Gasteiger partial charge in [0.1, 0.15) is 0 Å². The molecule has 1 nitrogen and oxygen atoms in total. The molecule has 0 spiro atoms. The highest BCUT2D eigenvalue weighted by Gasteiger charge is 1.91. The minimum absolute atomic E-state index is 0.908. The second-order valence-electron chi connectivity index (χ2n) is 2.09. The van der Waals surface area contributed by atoms with E-state index in [-0.39, 0.29) is 0 Å². The van der Waals surface area contributed by atoms with Crippen LogP contribution in [0.25, 0.3) is 0 Å². The van der Waals surface area contributed by atoms with Gasteiger partial charge in [0.25, 0.3) is 0 Å². The van der Waals surface area contributed by atoms with E-state index in [4.69, 9.17) is 0 Å². The summed E-state index contributed by atoms with van der Waals surface area (Å²) in [5, 5.41) is 3.03. The predicted molar refractivity (Wildman–Crippen MR) is 51.3 cm³/mol. The maximum atomic E-state index is 3.81. The van der Waals surface area contributed by atoms with Gasteiger partial charge in [0.2, 0.25) is 0 Å². The molecule has 60 valence electrons. The van der Waals surface area contributed by atoms with E-state index in [1.54, 1.807) is 6.08 Å². The van der Waals surface area contributed by atoms with Crippen molar-refractivity contribution in [2.24, 2.45) is 0 Å². The smallest absolute Gasteiger partial charge is 0.0404 e. The van der Waals surface area contributed by atoms with Crippen molar-refractivity contribution < 1.29 is 0 Å². The van der Waals surface area contributed by atoms with Gasteiger partial charge in [-0.3, -0.25) is 0 Å². The molecule has 0 unspecified atom stereocenters. The van der Waals surface area contributed by atoms with Gasteiger partial charge in [-0.1, -0.05) is 31.4 Å². The van der Waals surface area contributed by atoms with Crippen molar-refractivity contribution in [1.82, 2.24) is 5.32 Å². The Morgan fingerprint density at radius 2 is 2.09 bits per heavy atom. The third-order valence-electron chi connectivity index (χ3n) is 1.32. The third-order valence-corrected chi connectivity index (χ3v) is 1.32. The van der Waals surface area contributed by atoms with Gasteiger partial charge in [0.05, 0.1) is 0 Å². The van der Waals surface area contributed by atoms with Crippen molar-refractivity contribution in [3.05, 3.63) is 48.7 Å². The molecular weight excluding hydrogens is 134 g/mol. The average Bonchev–Trinajstić information content (AvgIpc) is 2.05. The fraction of sp³-hybridized carbons (Fsp3) is 0.200. The first-order chi connectivity index (χ1) is 5.26. The topological polar surface area (TPSA) is 12.0 Å². The van der Waals surface area contributed by atoms with Gasteiger partial charge in [-0.25, -0.2) is 0 Å². The standard InChI is InChI=1S/C10H15N/c1-5-7-8-10(11-4)9(3)6-2/h5-8,11H,2-3H2,1,4H3/b7-5-,10-8-. The Bertz CT molecular complexity index is 197. The summed E-state index contributed by atoms with van der Waals surface area (Å²) in [6, 6.07) is 0. The lowest BCUT2D eigenvalue weighted by Gasteiger charge is -2.03. The first kappa shape index (κ1) is 9.76. The van der Waals surface area contributed by atoms with Crippen molar-refractivity contribution in [1.29, 1.82) is 0 Å². The van der Waals surface area contributed by atoms with E-state index in [2.05, 4.69) is 18.5 Å². The summed E-state index contributed by atoms with van der Waals surface area (Å²) in [4.78, 5) is 0. The Morgan fingerprint density at radius 3 is 2.45 bits per heavy atom. The Kier molecular flexibility index (Phi) is 4.91. The predicted octanol–water partition coefficient (Wildman–Crippen LogP) is 2.41. The van der Waals surface area contributed by atoms with E-state index in [0.717, 1.165) is 11.3 Å². The molecule has 0 amide bonds. The second-order valence-corrected chi connectivity index (χ2v) is 2.09. The van der Waals surface area contributed by atoms with E-state index in [1.807, 2.05) is 32.2 Å². The number of likely N-dealkylation sites (N-methyl/N-ethyl adjacent to an activating group) is 1. The molecule has 1 N–H and O–H groups in total. The summed E-state index contributed by atoms with van der Waals surface area (Å²) in [6.07, 6.45) is 7.62. The van der Waals surface area contributed by atoms with Crippen LogP contribution in [0, 0.1) is 0 Å². The van der Waals surface area contributed by atoms with Crippen molar-refractivity contribution >= 4 is 0 Å². The van der Waals surface area contributed by atoms with E-state index in [9.17, 15) is 0 Å². The van der Waals surface area contributed by atoms with E-state index in [0.29, 0.717) is 0 Å². The number of allylic oxidation sites excluding steroid dienone is 4. The summed E-state index contributed by atoms with van der Waals surface area (Å²) in [5.41, 5.74) is 1.91. The van der Waals surface area contributed by atoms with Gasteiger partial charge in [-0.05, 0) is 18.6 Å². The summed E-state index contributed by atoms with van der Waals surface area (Å²) in [6.45, 7) is 9.42. The Morgan fingerprint density at radius 1 is 1.45 bits per heavy atom. The lowest BCUT2D eigenvalue weighted by atomic mass is 10.2. The van der Waals surface area contributed by atoms with Gasteiger partial charge in [0, 0.05) is 12.7 Å². The van der Waals surface area contributed by atoms with Crippen LogP contribution in [0.4, 0.5) is 0 Å². The lowest BCUT2D eigenvalue weighted by molar-refractivity contribution is 1.02. The summed E-state index contributed by atoms with van der Waals surface area (Å²) in [7, 11) is 1.87. The van der Waals surface area contributed by atoms with Crippen LogP contribution in [-0.4, -0.2) is 7.05 Å². The molecule has 0 heterocycles. The Labute approximate surface area is 68.8 Å². The number of hydrogen-bond acceptors (Lipinski definition) is 1. The largest absolute Gasteiger partial charge is 0.388 e. The fourth-order valence-corrected chi connectivity index (χ4v) is 0.653. The highest BCUT2D eigenvalue weighted by molar-refractivity contribution is 5.36. The molecule has 0 atom stereocenters. The normalized spacial score (nSPS) is 11.6. The molecular formula is C10H15N. The van der Waals surface area contributed by atoms with E-state index in [1.165, 1.54) is 0 Å². The maximum absolute atomic E-state index is 3.81. The van der Waals surface area contributed by atoms with Gasteiger partial charge < -0.3 is 5.32 Å². The zero-order chi connectivity index (χ0) is 8.69. The first-order valence-electron chi connectivity index (χ1n) is 3.58. The van der Waals surface area contributed by atoms with Gasteiger partial charge in [-0.2, -0.15) is 0 Å².